The predicted molar refractivity (Wildman–Crippen MR) is 89.9 cm³/mol. The zero-order valence-corrected chi connectivity index (χ0v) is 13.9. The molecule has 0 saturated carbocycles. The Morgan fingerprint density at radius 3 is 2.46 bits per heavy atom. The van der Waals surface area contributed by atoms with E-state index in [0.29, 0.717) is 16.5 Å². The van der Waals surface area contributed by atoms with Crippen molar-refractivity contribution in [2.45, 2.75) is 13.8 Å². The summed E-state index contributed by atoms with van der Waals surface area (Å²) in [6, 6.07) is 10.0. The molecule has 0 unspecified atom stereocenters. The highest BCUT2D eigenvalue weighted by Gasteiger charge is 2.20. The Morgan fingerprint density at radius 1 is 1.08 bits per heavy atom. The fraction of sp³-hybridized carbons (Fsp3) is 0.125. The van der Waals surface area contributed by atoms with E-state index in [0.717, 1.165) is 11.1 Å². The SMILES string of the molecule is Cc1ccc(OP(=O)(O)O)c(-c2nc3ccc(C)cc3c(=O)[nH]2)c1. The van der Waals surface area contributed by atoms with Crippen LogP contribution in [0.1, 0.15) is 11.1 Å². The van der Waals surface area contributed by atoms with Crippen LogP contribution in [0.25, 0.3) is 22.3 Å². The van der Waals surface area contributed by atoms with Crippen LogP contribution in [0, 0.1) is 13.8 Å². The molecule has 1 heterocycles. The van der Waals surface area contributed by atoms with E-state index in [1.54, 1.807) is 24.3 Å². The number of aryl methyl sites for hydroxylation is 2. The van der Waals surface area contributed by atoms with Crippen LogP contribution < -0.4 is 10.1 Å². The highest BCUT2D eigenvalue weighted by atomic mass is 31.2. The van der Waals surface area contributed by atoms with E-state index < -0.39 is 7.82 Å². The summed E-state index contributed by atoms with van der Waals surface area (Å²) in [5.74, 6) is 0.132. The molecule has 0 aliphatic heterocycles. The van der Waals surface area contributed by atoms with Gasteiger partial charge in [-0.1, -0.05) is 23.3 Å². The Labute approximate surface area is 137 Å². The summed E-state index contributed by atoms with van der Waals surface area (Å²) in [5, 5.41) is 0.448. The maximum atomic E-state index is 12.3. The van der Waals surface area contributed by atoms with Crippen LogP contribution in [-0.4, -0.2) is 19.8 Å². The lowest BCUT2D eigenvalue weighted by Crippen LogP contribution is -2.10. The van der Waals surface area contributed by atoms with Crippen molar-refractivity contribution in [3.63, 3.8) is 0 Å². The summed E-state index contributed by atoms with van der Waals surface area (Å²) in [4.78, 5) is 37.5. The van der Waals surface area contributed by atoms with Gasteiger partial charge < -0.3 is 9.51 Å². The van der Waals surface area contributed by atoms with Crippen LogP contribution in [0.4, 0.5) is 0 Å². The molecule has 0 spiro atoms. The van der Waals surface area contributed by atoms with Crippen LogP contribution >= 0.6 is 7.82 Å². The van der Waals surface area contributed by atoms with Gasteiger partial charge in [0.05, 0.1) is 16.5 Å². The zero-order chi connectivity index (χ0) is 17.5. The van der Waals surface area contributed by atoms with Gasteiger partial charge in [0.15, 0.2) is 0 Å². The maximum absolute atomic E-state index is 12.3. The first-order valence-electron chi connectivity index (χ1n) is 7.10. The van der Waals surface area contributed by atoms with E-state index >= 15 is 0 Å². The number of phosphoric ester groups is 1. The molecule has 0 aliphatic rings. The number of phosphoric acid groups is 1. The van der Waals surface area contributed by atoms with E-state index in [-0.39, 0.29) is 17.1 Å². The molecule has 3 N–H and O–H groups in total. The van der Waals surface area contributed by atoms with Gasteiger partial charge in [0.1, 0.15) is 11.6 Å². The Hall–Kier alpha value is -2.47. The number of aromatic nitrogens is 2. The van der Waals surface area contributed by atoms with Crippen LogP contribution in [0.15, 0.2) is 41.2 Å². The Kier molecular flexibility index (Phi) is 4.01. The van der Waals surface area contributed by atoms with Gasteiger partial charge in [0.25, 0.3) is 5.56 Å². The fourth-order valence-corrected chi connectivity index (χ4v) is 2.83. The summed E-state index contributed by atoms with van der Waals surface area (Å²) < 4.78 is 15.9. The lowest BCUT2D eigenvalue weighted by molar-refractivity contribution is 0.283. The lowest BCUT2D eigenvalue weighted by atomic mass is 10.1. The first-order valence-corrected chi connectivity index (χ1v) is 8.63. The molecule has 0 fully saturated rings. The second-order valence-electron chi connectivity index (χ2n) is 5.52. The van der Waals surface area contributed by atoms with Gasteiger partial charge in [-0.25, -0.2) is 9.55 Å². The standard InChI is InChI=1S/C16H15N2O5P/c1-9-3-5-13-11(7-9)16(19)18-15(17-13)12-8-10(2)4-6-14(12)23-24(20,21)22/h3-8H,1-2H3,(H,17,18,19)(H2,20,21,22). The molecular weight excluding hydrogens is 331 g/mol. The van der Waals surface area contributed by atoms with E-state index in [1.165, 1.54) is 6.07 Å². The van der Waals surface area contributed by atoms with Crippen LogP contribution in [0.2, 0.25) is 0 Å². The molecule has 0 radical (unpaired) electrons. The first kappa shape index (κ1) is 16.4. The van der Waals surface area contributed by atoms with Crippen molar-refractivity contribution >= 4 is 18.7 Å². The zero-order valence-electron chi connectivity index (χ0n) is 13.0. The average Bonchev–Trinajstić information content (AvgIpc) is 2.48. The Bertz CT molecular complexity index is 1040. The highest BCUT2D eigenvalue weighted by molar-refractivity contribution is 7.46. The Balaban J connectivity index is 2.24. The number of aromatic amines is 1. The fourth-order valence-electron chi connectivity index (χ4n) is 2.42. The number of nitrogens with zero attached hydrogens (tertiary/aromatic N) is 1. The molecule has 0 saturated heterocycles. The predicted octanol–water partition coefficient (Wildman–Crippen LogP) is 2.68. The van der Waals surface area contributed by atoms with Crippen molar-refractivity contribution in [2.75, 3.05) is 0 Å². The van der Waals surface area contributed by atoms with Gasteiger partial charge in [0.2, 0.25) is 0 Å². The van der Waals surface area contributed by atoms with Gasteiger partial charge in [-0.2, -0.15) is 0 Å². The van der Waals surface area contributed by atoms with Crippen molar-refractivity contribution in [2.24, 2.45) is 0 Å². The molecular formula is C16H15N2O5P. The minimum absolute atomic E-state index is 0.0523. The lowest BCUT2D eigenvalue weighted by Gasteiger charge is -2.12. The maximum Gasteiger partial charge on any atom is 0.524 e. The van der Waals surface area contributed by atoms with Crippen LogP contribution in [-0.2, 0) is 4.57 Å². The van der Waals surface area contributed by atoms with E-state index in [4.69, 9.17) is 14.3 Å². The second kappa shape index (κ2) is 5.87. The molecule has 0 atom stereocenters. The highest BCUT2D eigenvalue weighted by Crippen LogP contribution is 2.41. The monoisotopic (exact) mass is 346 g/mol. The van der Waals surface area contributed by atoms with Gasteiger partial charge in [0, 0.05) is 0 Å². The van der Waals surface area contributed by atoms with Crippen molar-refractivity contribution < 1.29 is 18.9 Å². The van der Waals surface area contributed by atoms with Gasteiger partial charge in [-0.05, 0) is 38.1 Å². The normalized spacial score (nSPS) is 11.7. The van der Waals surface area contributed by atoms with Crippen molar-refractivity contribution in [3.8, 4) is 17.1 Å². The largest absolute Gasteiger partial charge is 0.524 e. The third kappa shape index (κ3) is 3.38. The molecule has 0 bridgehead atoms. The van der Waals surface area contributed by atoms with E-state index in [2.05, 4.69) is 9.97 Å². The molecule has 24 heavy (non-hydrogen) atoms. The van der Waals surface area contributed by atoms with Crippen LogP contribution in [0.5, 0.6) is 5.75 Å². The third-order valence-corrected chi connectivity index (χ3v) is 3.90. The molecule has 1 aromatic heterocycles. The molecule has 124 valence electrons. The van der Waals surface area contributed by atoms with Crippen molar-refractivity contribution in [3.05, 3.63) is 57.9 Å². The molecule has 2 aromatic carbocycles. The second-order valence-corrected chi connectivity index (χ2v) is 6.68. The number of fused-ring (bicyclic) bond motifs is 1. The van der Waals surface area contributed by atoms with Gasteiger partial charge in [-0.15, -0.1) is 0 Å². The van der Waals surface area contributed by atoms with Crippen molar-refractivity contribution in [1.82, 2.24) is 9.97 Å². The molecule has 0 amide bonds. The smallest absolute Gasteiger partial charge is 0.403 e. The minimum atomic E-state index is -4.74. The molecule has 8 heteroatoms. The third-order valence-electron chi connectivity index (χ3n) is 3.47. The first-order chi connectivity index (χ1) is 11.2. The molecule has 3 rings (SSSR count). The topological polar surface area (TPSA) is 113 Å². The summed E-state index contributed by atoms with van der Waals surface area (Å²) in [6.07, 6.45) is 0. The molecule has 3 aromatic rings. The number of rotatable bonds is 3. The quantitative estimate of drug-likeness (QED) is 0.629. The number of hydrogen-bond donors (Lipinski definition) is 3. The number of hydrogen-bond acceptors (Lipinski definition) is 4. The van der Waals surface area contributed by atoms with E-state index in [9.17, 15) is 9.36 Å². The van der Waals surface area contributed by atoms with Gasteiger partial charge in [-0.3, -0.25) is 14.6 Å². The summed E-state index contributed by atoms with van der Waals surface area (Å²) in [7, 11) is -4.74. The molecule has 7 nitrogen and oxygen atoms in total. The van der Waals surface area contributed by atoms with E-state index in [1.807, 2.05) is 19.9 Å². The molecule has 0 aliphatic carbocycles. The Morgan fingerprint density at radius 2 is 1.75 bits per heavy atom. The number of H-pyrrole nitrogens is 1. The summed E-state index contributed by atoms with van der Waals surface area (Å²) in [6.45, 7) is 3.69. The van der Waals surface area contributed by atoms with Crippen molar-refractivity contribution in [1.29, 1.82) is 0 Å². The minimum Gasteiger partial charge on any atom is -0.403 e. The summed E-state index contributed by atoms with van der Waals surface area (Å²) in [5.41, 5.74) is 2.22. The number of nitrogens with one attached hydrogen (secondary N) is 1. The average molecular weight is 346 g/mol. The van der Waals surface area contributed by atoms with Gasteiger partial charge >= 0.3 is 7.82 Å². The van der Waals surface area contributed by atoms with Crippen LogP contribution in [0.3, 0.4) is 0 Å². The summed E-state index contributed by atoms with van der Waals surface area (Å²) >= 11 is 0. The number of benzene rings is 2.